The van der Waals surface area contributed by atoms with Gasteiger partial charge in [0, 0.05) is 12.4 Å². The summed E-state index contributed by atoms with van der Waals surface area (Å²) in [6.07, 6.45) is 7.58. The highest BCUT2D eigenvalue weighted by Crippen LogP contribution is 2.26. The molecule has 0 amide bonds. The first-order valence-corrected chi connectivity index (χ1v) is 4.48. The van der Waals surface area contributed by atoms with E-state index in [2.05, 4.69) is 4.98 Å². The minimum absolute atomic E-state index is 0.804. The molecule has 1 aliphatic rings. The number of rotatable bonds is 3. The lowest BCUT2D eigenvalue weighted by Gasteiger charge is -2.24. The first kappa shape index (κ1) is 7.59. The first-order chi connectivity index (χ1) is 5.95. The van der Waals surface area contributed by atoms with Crippen LogP contribution >= 0.6 is 0 Å². The third-order valence-corrected chi connectivity index (χ3v) is 2.36. The molecule has 1 aromatic rings. The molecule has 12 heavy (non-hydrogen) atoms. The number of aromatic nitrogens is 1. The van der Waals surface area contributed by atoms with Crippen LogP contribution in [0.5, 0.6) is 5.75 Å². The van der Waals surface area contributed by atoms with E-state index in [1.165, 1.54) is 19.3 Å². The van der Waals surface area contributed by atoms with Crippen LogP contribution in [0.15, 0.2) is 24.5 Å². The Hall–Kier alpha value is -1.05. The maximum Gasteiger partial charge on any atom is 0.122 e. The Kier molecular flexibility index (Phi) is 2.26. The normalized spacial score (nSPS) is 17.0. The van der Waals surface area contributed by atoms with Crippen molar-refractivity contribution < 1.29 is 4.74 Å². The molecule has 0 atom stereocenters. The molecule has 0 unspecified atom stereocenters. The molecule has 2 heteroatoms. The van der Waals surface area contributed by atoms with Crippen molar-refractivity contribution in [2.75, 3.05) is 6.61 Å². The van der Waals surface area contributed by atoms with Crippen LogP contribution in [0.3, 0.4) is 0 Å². The highest BCUT2D eigenvalue weighted by Gasteiger charge is 2.17. The van der Waals surface area contributed by atoms with E-state index in [1.54, 1.807) is 12.4 Å². The van der Waals surface area contributed by atoms with Gasteiger partial charge in [-0.3, -0.25) is 4.98 Å². The average molecular weight is 163 g/mol. The van der Waals surface area contributed by atoms with Crippen LogP contribution < -0.4 is 4.74 Å². The number of hydrogen-bond donors (Lipinski definition) is 0. The fourth-order valence-electron chi connectivity index (χ4n) is 1.31. The van der Waals surface area contributed by atoms with Gasteiger partial charge in [0.2, 0.25) is 0 Å². The van der Waals surface area contributed by atoms with Gasteiger partial charge in [0.1, 0.15) is 5.75 Å². The third-order valence-electron chi connectivity index (χ3n) is 2.36. The Morgan fingerprint density at radius 2 is 2.08 bits per heavy atom. The van der Waals surface area contributed by atoms with E-state index in [0.717, 1.165) is 18.3 Å². The highest BCUT2D eigenvalue weighted by atomic mass is 16.5. The summed E-state index contributed by atoms with van der Waals surface area (Å²) in [5.41, 5.74) is 0. The molecule has 1 heterocycles. The number of ether oxygens (including phenoxy) is 1. The topological polar surface area (TPSA) is 22.1 Å². The smallest absolute Gasteiger partial charge is 0.122 e. The zero-order valence-electron chi connectivity index (χ0n) is 7.07. The number of pyridine rings is 1. The molecule has 0 spiro atoms. The van der Waals surface area contributed by atoms with E-state index in [4.69, 9.17) is 4.74 Å². The summed E-state index contributed by atoms with van der Waals surface area (Å²) in [6.45, 7) is 0.879. The van der Waals surface area contributed by atoms with Crippen LogP contribution in [-0.2, 0) is 0 Å². The van der Waals surface area contributed by atoms with Gasteiger partial charge in [-0.15, -0.1) is 0 Å². The van der Waals surface area contributed by atoms with Crippen molar-refractivity contribution in [2.24, 2.45) is 5.92 Å². The number of hydrogen-bond acceptors (Lipinski definition) is 2. The van der Waals surface area contributed by atoms with Gasteiger partial charge < -0.3 is 4.74 Å². The fraction of sp³-hybridized carbons (Fsp3) is 0.500. The maximum atomic E-state index is 5.57. The van der Waals surface area contributed by atoms with Crippen molar-refractivity contribution in [3.8, 4) is 5.75 Å². The molecule has 2 nitrogen and oxygen atoms in total. The van der Waals surface area contributed by atoms with Crippen molar-refractivity contribution in [1.82, 2.24) is 4.98 Å². The summed E-state index contributed by atoms with van der Waals surface area (Å²) in [6, 6.07) is 3.80. The van der Waals surface area contributed by atoms with Crippen LogP contribution in [0.25, 0.3) is 0 Å². The van der Waals surface area contributed by atoms with Crippen molar-refractivity contribution >= 4 is 0 Å². The lowest BCUT2D eigenvalue weighted by atomic mass is 9.86. The van der Waals surface area contributed by atoms with Gasteiger partial charge in [0.25, 0.3) is 0 Å². The summed E-state index contributed by atoms with van der Waals surface area (Å²) in [5, 5.41) is 0. The lowest BCUT2D eigenvalue weighted by Crippen LogP contribution is -2.19. The predicted octanol–water partition coefficient (Wildman–Crippen LogP) is 2.26. The van der Waals surface area contributed by atoms with E-state index >= 15 is 0 Å². The lowest BCUT2D eigenvalue weighted by molar-refractivity contribution is 0.180. The molecule has 1 saturated carbocycles. The van der Waals surface area contributed by atoms with Crippen LogP contribution in [0.1, 0.15) is 19.3 Å². The zero-order valence-corrected chi connectivity index (χ0v) is 7.07. The molecule has 0 saturated heterocycles. The SMILES string of the molecule is c1cc(OCC2CCC2)ccn1. The minimum Gasteiger partial charge on any atom is -0.493 e. The first-order valence-electron chi connectivity index (χ1n) is 4.48. The van der Waals surface area contributed by atoms with Crippen molar-refractivity contribution in [3.05, 3.63) is 24.5 Å². The van der Waals surface area contributed by atoms with E-state index < -0.39 is 0 Å². The Bertz CT molecular complexity index is 231. The summed E-state index contributed by atoms with van der Waals surface area (Å²) in [5.74, 6) is 1.75. The molecular weight excluding hydrogens is 150 g/mol. The highest BCUT2D eigenvalue weighted by molar-refractivity contribution is 5.16. The summed E-state index contributed by atoms with van der Waals surface area (Å²) >= 11 is 0. The molecule has 0 aromatic carbocycles. The van der Waals surface area contributed by atoms with Crippen LogP contribution in [-0.4, -0.2) is 11.6 Å². The summed E-state index contributed by atoms with van der Waals surface area (Å²) in [7, 11) is 0. The van der Waals surface area contributed by atoms with Crippen LogP contribution in [0.4, 0.5) is 0 Å². The molecule has 64 valence electrons. The van der Waals surface area contributed by atoms with Crippen LogP contribution in [0.2, 0.25) is 0 Å². The van der Waals surface area contributed by atoms with Gasteiger partial charge in [-0.25, -0.2) is 0 Å². The zero-order chi connectivity index (χ0) is 8.23. The van der Waals surface area contributed by atoms with Gasteiger partial charge in [-0.05, 0) is 30.9 Å². The van der Waals surface area contributed by atoms with Gasteiger partial charge in [0.15, 0.2) is 0 Å². The maximum absolute atomic E-state index is 5.57. The molecule has 0 bridgehead atoms. The summed E-state index contributed by atoms with van der Waals surface area (Å²) in [4.78, 5) is 3.93. The number of nitrogens with zero attached hydrogens (tertiary/aromatic N) is 1. The average Bonchev–Trinajstić information content (AvgIpc) is 2.04. The Morgan fingerprint density at radius 1 is 1.33 bits per heavy atom. The molecule has 1 aliphatic carbocycles. The molecule has 0 radical (unpaired) electrons. The molecule has 2 rings (SSSR count). The Labute approximate surface area is 72.6 Å². The van der Waals surface area contributed by atoms with Crippen molar-refractivity contribution in [2.45, 2.75) is 19.3 Å². The second-order valence-electron chi connectivity index (χ2n) is 3.29. The van der Waals surface area contributed by atoms with Gasteiger partial charge in [0.05, 0.1) is 6.61 Å². The Morgan fingerprint density at radius 3 is 2.67 bits per heavy atom. The second-order valence-corrected chi connectivity index (χ2v) is 3.29. The van der Waals surface area contributed by atoms with Gasteiger partial charge in [-0.2, -0.15) is 0 Å². The Balaban J connectivity index is 1.79. The second kappa shape index (κ2) is 3.57. The van der Waals surface area contributed by atoms with E-state index in [9.17, 15) is 0 Å². The van der Waals surface area contributed by atoms with Gasteiger partial charge >= 0.3 is 0 Å². The summed E-state index contributed by atoms with van der Waals surface area (Å²) < 4.78 is 5.57. The monoisotopic (exact) mass is 163 g/mol. The molecular formula is C10H13NO. The fourth-order valence-corrected chi connectivity index (χ4v) is 1.31. The van der Waals surface area contributed by atoms with E-state index in [1.807, 2.05) is 12.1 Å². The molecule has 0 N–H and O–H groups in total. The third kappa shape index (κ3) is 1.76. The molecule has 1 aromatic heterocycles. The van der Waals surface area contributed by atoms with E-state index in [-0.39, 0.29) is 0 Å². The molecule has 0 aliphatic heterocycles. The quantitative estimate of drug-likeness (QED) is 0.681. The van der Waals surface area contributed by atoms with Gasteiger partial charge in [-0.1, -0.05) is 6.42 Å². The standard InChI is InChI=1S/C10H13NO/c1-2-9(3-1)8-12-10-4-6-11-7-5-10/h4-7,9H,1-3,8H2. The van der Waals surface area contributed by atoms with E-state index in [0.29, 0.717) is 0 Å². The van der Waals surface area contributed by atoms with Crippen LogP contribution in [0, 0.1) is 5.92 Å². The molecule has 1 fully saturated rings. The predicted molar refractivity (Wildman–Crippen MR) is 47.1 cm³/mol. The van der Waals surface area contributed by atoms with Crippen molar-refractivity contribution in [3.63, 3.8) is 0 Å². The minimum atomic E-state index is 0.804. The largest absolute Gasteiger partial charge is 0.493 e. The van der Waals surface area contributed by atoms with Crippen molar-refractivity contribution in [1.29, 1.82) is 0 Å².